The number of hydrogen-bond donors (Lipinski definition) is 2. The summed E-state index contributed by atoms with van der Waals surface area (Å²) >= 11 is 0. The molecule has 0 aromatic rings. The molecule has 3 heteroatoms. The van der Waals surface area contributed by atoms with Gasteiger partial charge in [-0.2, -0.15) is 0 Å². The molecule has 0 aliphatic carbocycles. The maximum Gasteiger partial charge on any atom is 0.133 e. The number of terminal acetylenes is 1. The summed E-state index contributed by atoms with van der Waals surface area (Å²) < 4.78 is 4.58. The summed E-state index contributed by atoms with van der Waals surface area (Å²) in [5, 5.41) is 19.0. The van der Waals surface area contributed by atoms with Crippen molar-refractivity contribution in [3.63, 3.8) is 0 Å². The molecule has 0 spiro atoms. The topological polar surface area (TPSA) is 49.7 Å². The van der Waals surface area contributed by atoms with Gasteiger partial charge in [0.25, 0.3) is 0 Å². The van der Waals surface area contributed by atoms with Gasteiger partial charge in [0.2, 0.25) is 0 Å². The number of allylic oxidation sites excluding steroid dienone is 1. The Kier molecular flexibility index (Phi) is 27.1. The Morgan fingerprint density at radius 3 is 1.72 bits per heavy atom. The third-order valence-corrected chi connectivity index (χ3v) is 6.02. The first kappa shape index (κ1) is 33.7. The van der Waals surface area contributed by atoms with E-state index in [1.165, 1.54) is 97.0 Å². The molecule has 0 unspecified atom stereocenters. The highest BCUT2D eigenvalue weighted by Gasteiger charge is 1.99. The molecule has 200 valence electrons. The van der Waals surface area contributed by atoms with Gasteiger partial charge in [0.1, 0.15) is 18.3 Å². The molecule has 0 rings (SSSR count). The highest BCUT2D eigenvalue weighted by atomic mass is 16.5. The van der Waals surface area contributed by atoms with E-state index in [-0.39, 0.29) is 0 Å². The third kappa shape index (κ3) is 27.9. The summed E-state index contributed by atoms with van der Waals surface area (Å²) in [4.78, 5) is 0. The minimum Gasteiger partial charge on any atom is -0.449 e. The van der Waals surface area contributed by atoms with Gasteiger partial charge in [0, 0.05) is 18.8 Å². The number of unbranched alkanes of at least 4 members (excludes halogenated alkanes) is 17. The van der Waals surface area contributed by atoms with Crippen LogP contribution in [0.25, 0.3) is 0 Å². The second-order valence-corrected chi connectivity index (χ2v) is 9.34. The largest absolute Gasteiger partial charge is 0.449 e. The van der Waals surface area contributed by atoms with E-state index in [9.17, 15) is 10.2 Å². The van der Waals surface area contributed by atoms with E-state index >= 15 is 0 Å². The van der Waals surface area contributed by atoms with Gasteiger partial charge in [-0.1, -0.05) is 95.0 Å². The van der Waals surface area contributed by atoms with Crippen LogP contribution >= 0.6 is 0 Å². The van der Waals surface area contributed by atoms with Crippen molar-refractivity contribution >= 4 is 0 Å². The Hall–Kier alpha value is -2.30. The van der Waals surface area contributed by atoms with Crippen molar-refractivity contribution < 1.29 is 14.9 Å². The zero-order valence-electron chi connectivity index (χ0n) is 22.8. The van der Waals surface area contributed by atoms with Crippen molar-refractivity contribution in [3.8, 4) is 48.1 Å². The highest BCUT2D eigenvalue weighted by Crippen LogP contribution is 2.12. The Bertz CT molecular complexity index is 742. The van der Waals surface area contributed by atoms with E-state index in [0.717, 1.165) is 38.5 Å². The van der Waals surface area contributed by atoms with Crippen LogP contribution in [0.2, 0.25) is 0 Å². The Labute approximate surface area is 222 Å². The normalized spacial score (nSPS) is 11.8. The van der Waals surface area contributed by atoms with E-state index in [1.807, 2.05) is 6.08 Å². The number of rotatable bonds is 21. The average Bonchev–Trinajstić information content (AvgIpc) is 2.88. The fourth-order valence-corrected chi connectivity index (χ4v) is 3.87. The summed E-state index contributed by atoms with van der Waals surface area (Å²) in [5.41, 5.74) is 0. The smallest absolute Gasteiger partial charge is 0.133 e. The van der Waals surface area contributed by atoms with Gasteiger partial charge in [-0.15, -0.1) is 18.3 Å². The summed E-state index contributed by atoms with van der Waals surface area (Å²) in [6.45, 7) is 0. The Balaban J connectivity index is 3.29. The zero-order chi connectivity index (χ0) is 26.4. The summed E-state index contributed by atoms with van der Waals surface area (Å²) in [6, 6.07) is 0. The van der Waals surface area contributed by atoms with E-state index < -0.39 is 12.2 Å². The van der Waals surface area contributed by atoms with Crippen molar-refractivity contribution in [2.75, 3.05) is 7.11 Å². The minimum absolute atomic E-state index is 0.573. The number of methoxy groups -OCH3 is 1. The molecule has 0 saturated carbocycles. The van der Waals surface area contributed by atoms with E-state index in [1.54, 1.807) is 6.08 Å². The first-order valence-corrected chi connectivity index (χ1v) is 14.2. The molecule has 0 fully saturated rings. The summed E-state index contributed by atoms with van der Waals surface area (Å²) in [7, 11) is 1.49. The molecule has 0 aliphatic rings. The third-order valence-electron chi connectivity index (χ3n) is 6.02. The second kappa shape index (κ2) is 28.9. The van der Waals surface area contributed by atoms with Gasteiger partial charge in [0.05, 0.1) is 7.11 Å². The molecule has 3 nitrogen and oxygen atoms in total. The number of ether oxygens (including phenoxy) is 1. The molecule has 0 amide bonds. The molecule has 0 saturated heterocycles. The van der Waals surface area contributed by atoms with Gasteiger partial charge in [-0.05, 0) is 50.5 Å². The van der Waals surface area contributed by atoms with Gasteiger partial charge >= 0.3 is 0 Å². The fraction of sp³-hybridized carbons (Fsp3) is 0.697. The molecular weight excluding hydrogens is 444 g/mol. The van der Waals surface area contributed by atoms with Gasteiger partial charge in [-0.25, -0.2) is 0 Å². The van der Waals surface area contributed by atoms with Gasteiger partial charge in [0.15, 0.2) is 0 Å². The number of aliphatic hydroxyl groups excluding tert-OH is 2. The molecule has 0 bridgehead atoms. The van der Waals surface area contributed by atoms with Crippen molar-refractivity contribution in [3.05, 3.63) is 12.2 Å². The number of hydrogen-bond acceptors (Lipinski definition) is 3. The van der Waals surface area contributed by atoms with Crippen molar-refractivity contribution in [2.24, 2.45) is 0 Å². The van der Waals surface area contributed by atoms with Crippen LogP contribution in [0.1, 0.15) is 128 Å². The lowest BCUT2D eigenvalue weighted by molar-refractivity contribution is 0.217. The first-order chi connectivity index (χ1) is 17.7. The standard InChI is InChI=1S/C33H50O3/c1-3-32(34)28-24-22-20-18-16-14-12-10-8-6-4-5-7-9-11-13-15-17-19-21-23-25-29-33(35)30-26-27-31-36-2/h1,24,28,32-35H,6-23,25,29H2,2H3/t32-,33+/m1/s1. The van der Waals surface area contributed by atoms with Crippen LogP contribution in [-0.2, 0) is 4.74 Å². The Morgan fingerprint density at radius 2 is 1.19 bits per heavy atom. The lowest BCUT2D eigenvalue weighted by Gasteiger charge is -2.03. The maximum absolute atomic E-state index is 9.73. The quantitative estimate of drug-likeness (QED) is 0.0999. The van der Waals surface area contributed by atoms with Crippen molar-refractivity contribution in [2.45, 2.75) is 141 Å². The molecule has 0 aromatic carbocycles. The highest BCUT2D eigenvalue weighted by molar-refractivity contribution is 5.25. The summed E-state index contributed by atoms with van der Waals surface area (Å²) in [6.07, 6.45) is 33.8. The van der Waals surface area contributed by atoms with Crippen LogP contribution in [0, 0.1) is 48.1 Å². The van der Waals surface area contributed by atoms with Crippen LogP contribution in [0.4, 0.5) is 0 Å². The molecule has 0 heterocycles. The van der Waals surface area contributed by atoms with Gasteiger partial charge < -0.3 is 14.9 Å². The minimum atomic E-state index is -0.729. The molecular formula is C33H50O3. The van der Waals surface area contributed by atoms with Crippen LogP contribution in [0.3, 0.4) is 0 Å². The van der Waals surface area contributed by atoms with E-state index in [4.69, 9.17) is 6.42 Å². The van der Waals surface area contributed by atoms with Crippen molar-refractivity contribution in [1.82, 2.24) is 0 Å². The van der Waals surface area contributed by atoms with Crippen LogP contribution in [0.5, 0.6) is 0 Å². The molecule has 0 aliphatic heterocycles. The fourth-order valence-electron chi connectivity index (χ4n) is 3.87. The molecule has 36 heavy (non-hydrogen) atoms. The predicted molar refractivity (Wildman–Crippen MR) is 153 cm³/mol. The zero-order valence-corrected chi connectivity index (χ0v) is 22.8. The van der Waals surface area contributed by atoms with Crippen molar-refractivity contribution in [1.29, 1.82) is 0 Å². The molecule has 0 aromatic heterocycles. The second-order valence-electron chi connectivity index (χ2n) is 9.34. The van der Waals surface area contributed by atoms with Crippen LogP contribution in [0.15, 0.2) is 12.2 Å². The maximum atomic E-state index is 9.73. The first-order valence-electron chi connectivity index (χ1n) is 14.2. The molecule has 0 radical (unpaired) electrons. The summed E-state index contributed by atoms with van der Waals surface area (Å²) in [5.74, 6) is 16.8. The molecule has 2 N–H and O–H groups in total. The SMILES string of the molecule is C#C[C@@H](O)C=CCCCCCCCCCC#CCCCCCCCCCCC[C@H](O)C#CC#COC. The molecule has 2 atom stereocenters. The predicted octanol–water partition coefficient (Wildman–Crippen LogP) is 7.31. The lowest BCUT2D eigenvalue weighted by Crippen LogP contribution is -2.01. The average molecular weight is 495 g/mol. The van der Waals surface area contributed by atoms with Gasteiger partial charge in [-0.3, -0.25) is 0 Å². The lowest BCUT2D eigenvalue weighted by atomic mass is 10.0. The Morgan fingerprint density at radius 1 is 0.694 bits per heavy atom. The van der Waals surface area contributed by atoms with E-state index in [0.29, 0.717) is 0 Å². The number of aliphatic hydroxyl groups is 2. The van der Waals surface area contributed by atoms with Crippen LogP contribution in [-0.4, -0.2) is 29.5 Å². The van der Waals surface area contributed by atoms with Crippen LogP contribution < -0.4 is 0 Å². The van der Waals surface area contributed by atoms with E-state index in [2.05, 4.69) is 46.4 Å². The monoisotopic (exact) mass is 494 g/mol.